The number of carbonyl (C=O) groups is 1. The van der Waals surface area contributed by atoms with Gasteiger partial charge >= 0.3 is 5.91 Å². The van der Waals surface area contributed by atoms with E-state index in [1.165, 1.54) is 11.3 Å². The fraction of sp³-hybridized carbons (Fsp3) is 0.143. The largest absolute Gasteiger partial charge is 0.302 e. The van der Waals surface area contributed by atoms with Crippen molar-refractivity contribution in [3.05, 3.63) is 11.1 Å². The van der Waals surface area contributed by atoms with Crippen molar-refractivity contribution >= 4 is 38.3 Å². The minimum Gasteiger partial charge on any atom is -0.291 e. The van der Waals surface area contributed by atoms with Crippen molar-refractivity contribution in [3.63, 3.8) is 0 Å². The number of hydrogen-bond acceptors (Lipinski definition) is 3. The van der Waals surface area contributed by atoms with E-state index in [0.29, 0.717) is 5.13 Å². The third-order valence-corrected chi connectivity index (χ3v) is 2.07. The Kier molecular flexibility index (Phi) is 3.26. The number of aromatic nitrogens is 1. The molecule has 0 atom stereocenters. The molecular formula is C7H5BrN2OS. The number of hydrogen-bond donors (Lipinski definition) is 1. The highest BCUT2D eigenvalue weighted by atomic mass is 79.9. The number of thiazole rings is 1. The van der Waals surface area contributed by atoms with Crippen molar-refractivity contribution < 1.29 is 4.79 Å². The molecule has 0 spiro atoms. The highest BCUT2D eigenvalue weighted by Gasteiger charge is 2.00. The molecule has 1 amide bonds. The molecule has 62 valence electrons. The maximum atomic E-state index is 10.9. The zero-order valence-electron chi connectivity index (χ0n) is 6.22. The van der Waals surface area contributed by atoms with Gasteiger partial charge in [-0.15, -0.1) is 11.3 Å². The minimum atomic E-state index is -0.360. The van der Waals surface area contributed by atoms with E-state index in [0.717, 1.165) is 5.69 Å². The number of anilines is 1. The summed E-state index contributed by atoms with van der Waals surface area (Å²) in [5, 5.41) is 4.96. The molecule has 0 aliphatic rings. The molecule has 0 saturated heterocycles. The van der Waals surface area contributed by atoms with Gasteiger partial charge in [0.1, 0.15) is 0 Å². The van der Waals surface area contributed by atoms with Gasteiger partial charge < -0.3 is 0 Å². The first-order valence-corrected chi connectivity index (χ1v) is 4.74. The first-order chi connectivity index (χ1) is 5.72. The van der Waals surface area contributed by atoms with Crippen molar-refractivity contribution in [2.45, 2.75) is 6.92 Å². The van der Waals surface area contributed by atoms with Gasteiger partial charge in [-0.05, 0) is 11.8 Å². The van der Waals surface area contributed by atoms with Gasteiger partial charge in [0.25, 0.3) is 0 Å². The van der Waals surface area contributed by atoms with Crippen LogP contribution in [0.2, 0.25) is 0 Å². The molecule has 0 bridgehead atoms. The lowest BCUT2D eigenvalue weighted by Crippen LogP contribution is -2.07. The van der Waals surface area contributed by atoms with Gasteiger partial charge in [0.2, 0.25) is 0 Å². The lowest BCUT2D eigenvalue weighted by atomic mass is 10.6. The van der Waals surface area contributed by atoms with Crippen LogP contribution in [0, 0.1) is 17.7 Å². The smallest absolute Gasteiger partial charge is 0.291 e. The summed E-state index contributed by atoms with van der Waals surface area (Å²) < 4.78 is 0. The highest BCUT2D eigenvalue weighted by Crippen LogP contribution is 2.13. The van der Waals surface area contributed by atoms with Crippen LogP contribution < -0.4 is 5.32 Å². The lowest BCUT2D eigenvalue weighted by molar-refractivity contribution is -0.111. The van der Waals surface area contributed by atoms with Crippen LogP contribution in [0.1, 0.15) is 5.69 Å². The zero-order valence-corrected chi connectivity index (χ0v) is 8.62. The Morgan fingerprint density at radius 3 is 3.08 bits per heavy atom. The Balaban J connectivity index is 2.62. The maximum absolute atomic E-state index is 10.9. The van der Waals surface area contributed by atoms with E-state index in [1.54, 1.807) is 0 Å². The second-order valence-electron chi connectivity index (χ2n) is 1.97. The van der Waals surface area contributed by atoms with Gasteiger partial charge in [0, 0.05) is 27.2 Å². The maximum Gasteiger partial charge on any atom is 0.302 e. The minimum absolute atomic E-state index is 0.360. The molecule has 1 aromatic heterocycles. The summed E-state index contributed by atoms with van der Waals surface area (Å²) in [6.45, 7) is 1.86. The summed E-state index contributed by atoms with van der Waals surface area (Å²) in [5.41, 5.74) is 0.891. The summed E-state index contributed by atoms with van der Waals surface area (Å²) in [7, 11) is 0. The molecule has 1 aromatic rings. The standard InChI is InChI=1S/C7H5BrN2OS/c1-5-4-12-7(9-5)10-6(11)2-3-8/h4H,1H3,(H,9,10,11). The van der Waals surface area contributed by atoms with Crippen LogP contribution in [0.25, 0.3) is 0 Å². The predicted octanol–water partition coefficient (Wildman–Crippen LogP) is 1.75. The average Bonchev–Trinajstić information content (AvgIpc) is 2.36. The number of rotatable bonds is 1. The van der Waals surface area contributed by atoms with Crippen LogP contribution in [0.15, 0.2) is 5.38 Å². The zero-order chi connectivity index (χ0) is 8.97. The van der Waals surface area contributed by atoms with Crippen molar-refractivity contribution in [1.29, 1.82) is 0 Å². The van der Waals surface area contributed by atoms with Gasteiger partial charge in [-0.2, -0.15) is 0 Å². The number of carbonyl (C=O) groups excluding carboxylic acids is 1. The van der Waals surface area contributed by atoms with Crippen LogP contribution in [0.3, 0.4) is 0 Å². The Morgan fingerprint density at radius 1 is 1.83 bits per heavy atom. The number of halogens is 1. The van der Waals surface area contributed by atoms with Crippen LogP contribution >= 0.6 is 27.3 Å². The Morgan fingerprint density at radius 2 is 2.58 bits per heavy atom. The fourth-order valence-corrected chi connectivity index (χ4v) is 1.45. The molecule has 0 saturated carbocycles. The van der Waals surface area contributed by atoms with Gasteiger partial charge in [-0.25, -0.2) is 4.98 Å². The number of aryl methyl sites for hydroxylation is 1. The van der Waals surface area contributed by atoms with E-state index in [2.05, 4.69) is 37.0 Å². The molecule has 0 aliphatic carbocycles. The van der Waals surface area contributed by atoms with Crippen LogP contribution in [0.4, 0.5) is 5.13 Å². The van der Waals surface area contributed by atoms with Crippen molar-refractivity contribution in [3.8, 4) is 10.8 Å². The summed E-state index contributed by atoms with van der Waals surface area (Å²) in [4.78, 5) is 17.2. The topological polar surface area (TPSA) is 42.0 Å². The summed E-state index contributed by atoms with van der Waals surface area (Å²) in [5.74, 6) is 1.93. The van der Waals surface area contributed by atoms with Gasteiger partial charge in [0.05, 0.1) is 5.69 Å². The van der Waals surface area contributed by atoms with Crippen molar-refractivity contribution in [2.24, 2.45) is 0 Å². The summed E-state index contributed by atoms with van der Waals surface area (Å²) >= 11 is 4.21. The molecule has 1 heterocycles. The van der Waals surface area contributed by atoms with Gasteiger partial charge in [-0.1, -0.05) is 0 Å². The third kappa shape index (κ3) is 2.64. The Bertz CT molecular complexity index is 350. The molecule has 3 nitrogen and oxygen atoms in total. The lowest BCUT2D eigenvalue weighted by Gasteiger charge is -1.91. The summed E-state index contributed by atoms with van der Waals surface area (Å²) in [6.07, 6.45) is 0. The Hall–Kier alpha value is -0.860. The molecular weight excluding hydrogens is 240 g/mol. The molecule has 0 unspecified atom stereocenters. The first kappa shape index (κ1) is 9.23. The van der Waals surface area contributed by atoms with E-state index < -0.39 is 0 Å². The monoisotopic (exact) mass is 244 g/mol. The average molecular weight is 245 g/mol. The van der Waals surface area contributed by atoms with E-state index >= 15 is 0 Å². The molecule has 12 heavy (non-hydrogen) atoms. The molecule has 0 radical (unpaired) electrons. The van der Waals surface area contributed by atoms with Crippen molar-refractivity contribution in [2.75, 3.05) is 5.32 Å². The molecule has 5 heteroatoms. The van der Waals surface area contributed by atoms with Gasteiger partial charge in [-0.3, -0.25) is 10.1 Å². The van der Waals surface area contributed by atoms with Crippen LogP contribution in [-0.2, 0) is 4.79 Å². The normalized spacial score (nSPS) is 8.50. The number of nitrogens with one attached hydrogen (secondary N) is 1. The first-order valence-electron chi connectivity index (χ1n) is 3.07. The molecule has 0 aromatic carbocycles. The predicted molar refractivity (Wildman–Crippen MR) is 52.2 cm³/mol. The molecule has 1 rings (SSSR count). The number of amides is 1. The number of nitrogens with zero attached hydrogens (tertiary/aromatic N) is 1. The SMILES string of the molecule is Cc1csc(NC(=O)C#CBr)n1. The summed E-state index contributed by atoms with van der Waals surface area (Å²) in [6, 6.07) is 0. The highest BCUT2D eigenvalue weighted by molar-refractivity contribution is 9.12. The van der Waals surface area contributed by atoms with Crippen LogP contribution in [0.5, 0.6) is 0 Å². The third-order valence-electron chi connectivity index (χ3n) is 1.00. The van der Waals surface area contributed by atoms with E-state index in [9.17, 15) is 4.79 Å². The van der Waals surface area contributed by atoms with Crippen LogP contribution in [-0.4, -0.2) is 10.9 Å². The van der Waals surface area contributed by atoms with Crippen molar-refractivity contribution in [1.82, 2.24) is 4.98 Å². The second-order valence-corrected chi connectivity index (χ2v) is 3.22. The quantitative estimate of drug-likeness (QED) is 0.766. The molecule has 0 aliphatic heterocycles. The van der Waals surface area contributed by atoms with E-state index in [1.807, 2.05) is 12.3 Å². The fourth-order valence-electron chi connectivity index (χ4n) is 0.583. The second kappa shape index (κ2) is 4.24. The van der Waals surface area contributed by atoms with E-state index in [-0.39, 0.29) is 5.91 Å². The van der Waals surface area contributed by atoms with Gasteiger partial charge in [0.15, 0.2) is 5.13 Å². The Labute approximate surface area is 82.3 Å². The van der Waals surface area contributed by atoms with E-state index in [4.69, 9.17) is 0 Å². The molecule has 1 N–H and O–H groups in total. The molecule has 0 fully saturated rings.